The zero-order chi connectivity index (χ0) is 15.4. The van der Waals surface area contributed by atoms with Gasteiger partial charge in [-0.1, -0.05) is 19.4 Å². The lowest BCUT2D eigenvalue weighted by Gasteiger charge is -2.24. The molecular weight excluding hydrogens is 271 g/mol. The molecule has 2 rings (SSSR count). The van der Waals surface area contributed by atoms with E-state index in [2.05, 4.69) is 5.32 Å². The van der Waals surface area contributed by atoms with E-state index in [1.807, 2.05) is 13.8 Å². The summed E-state index contributed by atoms with van der Waals surface area (Å²) < 4.78 is 13.1. The average Bonchev–Trinajstić information content (AvgIpc) is 2.56. The molecule has 4 nitrogen and oxygen atoms in total. The molecule has 114 valence electrons. The topological polar surface area (TPSA) is 49.4 Å². The Balaban J connectivity index is 2.16. The van der Waals surface area contributed by atoms with Crippen molar-refractivity contribution in [2.75, 3.05) is 6.54 Å². The number of hydrogen-bond donors (Lipinski definition) is 1. The molecule has 1 saturated heterocycles. The predicted octanol–water partition coefficient (Wildman–Crippen LogP) is 2.15. The first-order valence-corrected chi connectivity index (χ1v) is 7.34. The molecule has 0 bridgehead atoms. The molecule has 0 radical (unpaired) electrons. The Hall–Kier alpha value is -1.91. The summed E-state index contributed by atoms with van der Waals surface area (Å²) in [5.74, 6) is -0.411. The molecule has 1 aliphatic heterocycles. The number of amides is 2. The van der Waals surface area contributed by atoms with Crippen LogP contribution in [0.1, 0.15) is 37.3 Å². The molecule has 0 spiro atoms. The van der Waals surface area contributed by atoms with Gasteiger partial charge in [0, 0.05) is 19.5 Å². The van der Waals surface area contributed by atoms with Gasteiger partial charge in [-0.3, -0.25) is 9.59 Å². The molecule has 0 aliphatic carbocycles. The van der Waals surface area contributed by atoms with Crippen molar-refractivity contribution in [1.29, 1.82) is 0 Å². The maximum Gasteiger partial charge on any atom is 0.245 e. The number of aryl methyl sites for hydroxylation is 1. The van der Waals surface area contributed by atoms with E-state index in [-0.39, 0.29) is 17.6 Å². The average molecular weight is 292 g/mol. The second-order valence-corrected chi connectivity index (χ2v) is 5.49. The summed E-state index contributed by atoms with van der Waals surface area (Å²) in [4.78, 5) is 25.9. The van der Waals surface area contributed by atoms with Crippen LogP contribution in [0.5, 0.6) is 0 Å². The molecule has 1 aromatic rings. The lowest BCUT2D eigenvalue weighted by molar-refractivity contribution is -0.134. The van der Waals surface area contributed by atoms with E-state index >= 15 is 0 Å². The monoisotopic (exact) mass is 292 g/mol. The largest absolute Gasteiger partial charge is 0.344 e. The Labute approximate surface area is 124 Å². The van der Waals surface area contributed by atoms with Crippen molar-refractivity contribution in [1.82, 2.24) is 10.2 Å². The lowest BCUT2D eigenvalue weighted by atomic mass is 10.1. The zero-order valence-electron chi connectivity index (χ0n) is 12.5. The third kappa shape index (κ3) is 3.80. The number of nitrogens with zero attached hydrogens (tertiary/aromatic N) is 1. The smallest absolute Gasteiger partial charge is 0.245 e. The Kier molecular flexibility index (Phi) is 4.94. The zero-order valence-corrected chi connectivity index (χ0v) is 12.5. The van der Waals surface area contributed by atoms with Crippen molar-refractivity contribution in [2.45, 2.75) is 45.7 Å². The first-order chi connectivity index (χ1) is 10.0. The Morgan fingerprint density at radius 1 is 1.38 bits per heavy atom. The van der Waals surface area contributed by atoms with Crippen LogP contribution in [0.2, 0.25) is 0 Å². The van der Waals surface area contributed by atoms with E-state index in [1.165, 1.54) is 12.1 Å². The van der Waals surface area contributed by atoms with Crippen LogP contribution < -0.4 is 5.32 Å². The van der Waals surface area contributed by atoms with E-state index in [9.17, 15) is 14.0 Å². The van der Waals surface area contributed by atoms with Gasteiger partial charge in [0.1, 0.15) is 11.9 Å². The third-order valence-electron chi connectivity index (χ3n) is 3.80. The summed E-state index contributed by atoms with van der Waals surface area (Å²) in [6.45, 7) is 4.63. The Morgan fingerprint density at radius 2 is 2.14 bits per heavy atom. The number of carbonyl (C=O) groups is 2. The van der Waals surface area contributed by atoms with E-state index < -0.39 is 6.04 Å². The van der Waals surface area contributed by atoms with Crippen molar-refractivity contribution in [3.05, 3.63) is 35.1 Å². The summed E-state index contributed by atoms with van der Waals surface area (Å²) >= 11 is 0. The van der Waals surface area contributed by atoms with Gasteiger partial charge in [0.2, 0.25) is 11.8 Å². The fourth-order valence-corrected chi connectivity index (χ4v) is 2.58. The molecule has 1 heterocycles. The summed E-state index contributed by atoms with van der Waals surface area (Å²) in [7, 11) is 0. The summed E-state index contributed by atoms with van der Waals surface area (Å²) in [5.41, 5.74) is 1.73. The van der Waals surface area contributed by atoms with Crippen LogP contribution in [-0.4, -0.2) is 29.3 Å². The molecule has 1 N–H and O–H groups in total. The normalized spacial score (nSPS) is 19.4. The summed E-state index contributed by atoms with van der Waals surface area (Å²) in [6, 6.07) is 4.13. The Morgan fingerprint density at radius 3 is 2.81 bits per heavy atom. The second kappa shape index (κ2) is 6.70. The highest BCUT2D eigenvalue weighted by Crippen LogP contribution is 2.16. The van der Waals surface area contributed by atoms with Crippen LogP contribution in [0.25, 0.3) is 0 Å². The van der Waals surface area contributed by atoms with Gasteiger partial charge in [0.15, 0.2) is 0 Å². The molecule has 21 heavy (non-hydrogen) atoms. The van der Waals surface area contributed by atoms with E-state index in [0.717, 1.165) is 17.5 Å². The maximum atomic E-state index is 13.1. The van der Waals surface area contributed by atoms with Crippen LogP contribution in [0.3, 0.4) is 0 Å². The number of halogens is 1. The minimum Gasteiger partial charge on any atom is -0.344 e. The second-order valence-electron chi connectivity index (χ2n) is 5.49. The Bertz CT molecular complexity index is 545. The standard InChI is InChI=1S/C16H21FN2O2/c1-3-4-14-16(21)19(8-7-15(20)18-14)10-12-5-6-13(17)9-11(12)2/h5-6,9,14H,3-4,7-8,10H2,1-2H3,(H,18,20). The van der Waals surface area contributed by atoms with Gasteiger partial charge in [0.05, 0.1) is 0 Å². The maximum absolute atomic E-state index is 13.1. The van der Waals surface area contributed by atoms with Gasteiger partial charge in [0.25, 0.3) is 0 Å². The van der Waals surface area contributed by atoms with Crippen LogP contribution in [-0.2, 0) is 16.1 Å². The van der Waals surface area contributed by atoms with E-state index in [4.69, 9.17) is 0 Å². The van der Waals surface area contributed by atoms with Gasteiger partial charge in [-0.2, -0.15) is 0 Å². The SMILES string of the molecule is CCCC1NC(=O)CCN(Cc2ccc(F)cc2C)C1=O. The van der Waals surface area contributed by atoms with Crippen molar-refractivity contribution in [3.63, 3.8) is 0 Å². The first kappa shape index (κ1) is 15.5. The number of rotatable bonds is 4. The van der Waals surface area contributed by atoms with Gasteiger partial charge in [-0.05, 0) is 36.6 Å². The van der Waals surface area contributed by atoms with Gasteiger partial charge in [-0.15, -0.1) is 0 Å². The lowest BCUT2D eigenvalue weighted by Crippen LogP contribution is -2.44. The molecule has 1 atom stereocenters. The highest BCUT2D eigenvalue weighted by atomic mass is 19.1. The minimum atomic E-state index is -0.439. The predicted molar refractivity (Wildman–Crippen MR) is 78.0 cm³/mol. The number of nitrogens with one attached hydrogen (secondary N) is 1. The van der Waals surface area contributed by atoms with Crippen molar-refractivity contribution >= 4 is 11.8 Å². The molecule has 5 heteroatoms. The quantitative estimate of drug-likeness (QED) is 0.924. The van der Waals surface area contributed by atoms with Gasteiger partial charge in [-0.25, -0.2) is 4.39 Å². The third-order valence-corrected chi connectivity index (χ3v) is 3.80. The highest BCUT2D eigenvalue weighted by molar-refractivity contribution is 5.89. The molecule has 2 amide bonds. The van der Waals surface area contributed by atoms with Crippen LogP contribution in [0, 0.1) is 12.7 Å². The van der Waals surface area contributed by atoms with Crippen molar-refractivity contribution in [3.8, 4) is 0 Å². The van der Waals surface area contributed by atoms with Crippen molar-refractivity contribution in [2.24, 2.45) is 0 Å². The molecular formula is C16H21FN2O2. The molecule has 0 aromatic heterocycles. The van der Waals surface area contributed by atoms with Crippen LogP contribution in [0.4, 0.5) is 4.39 Å². The number of carbonyl (C=O) groups excluding carboxylic acids is 2. The van der Waals surface area contributed by atoms with Crippen LogP contribution in [0.15, 0.2) is 18.2 Å². The molecule has 1 fully saturated rings. The number of hydrogen-bond acceptors (Lipinski definition) is 2. The number of benzene rings is 1. The van der Waals surface area contributed by atoms with Gasteiger partial charge < -0.3 is 10.2 Å². The van der Waals surface area contributed by atoms with Gasteiger partial charge >= 0.3 is 0 Å². The fraction of sp³-hybridized carbons (Fsp3) is 0.500. The highest BCUT2D eigenvalue weighted by Gasteiger charge is 2.29. The minimum absolute atomic E-state index is 0.0496. The van der Waals surface area contributed by atoms with Crippen molar-refractivity contribution < 1.29 is 14.0 Å². The summed E-state index contributed by atoms with van der Waals surface area (Å²) in [5, 5.41) is 2.78. The van der Waals surface area contributed by atoms with E-state index in [0.29, 0.717) is 25.9 Å². The summed E-state index contributed by atoms with van der Waals surface area (Å²) in [6.07, 6.45) is 1.79. The van der Waals surface area contributed by atoms with Crippen LogP contribution >= 0.6 is 0 Å². The molecule has 0 saturated carbocycles. The van der Waals surface area contributed by atoms with E-state index in [1.54, 1.807) is 11.0 Å². The fourth-order valence-electron chi connectivity index (χ4n) is 2.58. The molecule has 1 unspecified atom stereocenters. The molecule has 1 aromatic carbocycles. The first-order valence-electron chi connectivity index (χ1n) is 7.34. The molecule has 1 aliphatic rings.